The van der Waals surface area contributed by atoms with Crippen molar-refractivity contribution >= 4 is 0 Å². The molecule has 1 aromatic heterocycles. The molecule has 1 atom stereocenters. The van der Waals surface area contributed by atoms with Gasteiger partial charge in [-0.05, 0) is 30.7 Å². The molecule has 0 spiro atoms. The Kier molecular flexibility index (Phi) is 3.99. The van der Waals surface area contributed by atoms with E-state index in [0.29, 0.717) is 6.61 Å². The molecule has 0 amide bonds. The van der Waals surface area contributed by atoms with Crippen molar-refractivity contribution in [3.63, 3.8) is 0 Å². The minimum absolute atomic E-state index is 0.0330. The third-order valence-electron chi connectivity index (χ3n) is 2.93. The van der Waals surface area contributed by atoms with E-state index in [2.05, 4.69) is 5.10 Å². The SMILES string of the molecule is CC(N)c1cccc(OCCc2ccnn2C)c1. The molecule has 18 heavy (non-hydrogen) atoms. The van der Waals surface area contributed by atoms with Gasteiger partial charge in [-0.25, -0.2) is 0 Å². The Bertz CT molecular complexity index is 505. The fourth-order valence-corrected chi connectivity index (χ4v) is 1.81. The van der Waals surface area contributed by atoms with E-state index in [4.69, 9.17) is 10.5 Å². The summed E-state index contributed by atoms with van der Waals surface area (Å²) in [5, 5.41) is 4.12. The molecule has 96 valence electrons. The Balaban J connectivity index is 1.90. The van der Waals surface area contributed by atoms with E-state index >= 15 is 0 Å². The number of hydrogen-bond donors (Lipinski definition) is 1. The first kappa shape index (κ1) is 12.6. The Morgan fingerprint density at radius 1 is 1.39 bits per heavy atom. The zero-order valence-corrected chi connectivity index (χ0v) is 10.8. The van der Waals surface area contributed by atoms with Gasteiger partial charge in [-0.1, -0.05) is 12.1 Å². The average molecular weight is 245 g/mol. The Morgan fingerprint density at radius 3 is 2.89 bits per heavy atom. The van der Waals surface area contributed by atoms with Gasteiger partial charge < -0.3 is 10.5 Å². The summed E-state index contributed by atoms with van der Waals surface area (Å²) in [6.45, 7) is 2.61. The van der Waals surface area contributed by atoms with Gasteiger partial charge in [0.05, 0.1) is 6.61 Å². The maximum atomic E-state index is 5.84. The van der Waals surface area contributed by atoms with Crippen LogP contribution in [-0.4, -0.2) is 16.4 Å². The van der Waals surface area contributed by atoms with E-state index in [9.17, 15) is 0 Å². The molecule has 2 N–H and O–H groups in total. The normalized spacial score (nSPS) is 12.4. The summed E-state index contributed by atoms with van der Waals surface area (Å²) >= 11 is 0. The van der Waals surface area contributed by atoms with Crippen molar-refractivity contribution in [1.29, 1.82) is 0 Å². The number of ether oxygens (including phenoxy) is 1. The summed E-state index contributed by atoms with van der Waals surface area (Å²) < 4.78 is 7.59. The lowest BCUT2D eigenvalue weighted by Crippen LogP contribution is -2.07. The number of hydrogen-bond acceptors (Lipinski definition) is 3. The van der Waals surface area contributed by atoms with Gasteiger partial charge in [0.1, 0.15) is 5.75 Å². The molecule has 2 aromatic rings. The van der Waals surface area contributed by atoms with Gasteiger partial charge in [-0.2, -0.15) is 5.10 Å². The second-order valence-corrected chi connectivity index (χ2v) is 4.41. The molecule has 0 radical (unpaired) electrons. The van der Waals surface area contributed by atoms with Crippen molar-refractivity contribution in [2.24, 2.45) is 12.8 Å². The van der Waals surface area contributed by atoms with Crippen LogP contribution in [0, 0.1) is 0 Å². The van der Waals surface area contributed by atoms with E-state index < -0.39 is 0 Å². The molecule has 0 fully saturated rings. The zero-order valence-electron chi connectivity index (χ0n) is 10.8. The molecule has 0 saturated heterocycles. The van der Waals surface area contributed by atoms with Crippen LogP contribution in [0.4, 0.5) is 0 Å². The fraction of sp³-hybridized carbons (Fsp3) is 0.357. The maximum Gasteiger partial charge on any atom is 0.119 e. The van der Waals surface area contributed by atoms with Crippen molar-refractivity contribution in [2.45, 2.75) is 19.4 Å². The van der Waals surface area contributed by atoms with Crippen LogP contribution in [0.2, 0.25) is 0 Å². The third-order valence-corrected chi connectivity index (χ3v) is 2.93. The van der Waals surface area contributed by atoms with Crippen LogP contribution < -0.4 is 10.5 Å². The fourth-order valence-electron chi connectivity index (χ4n) is 1.81. The molecule has 4 nitrogen and oxygen atoms in total. The van der Waals surface area contributed by atoms with E-state index in [-0.39, 0.29) is 6.04 Å². The summed E-state index contributed by atoms with van der Waals surface area (Å²) in [5.74, 6) is 0.868. The first-order chi connectivity index (χ1) is 8.66. The van der Waals surface area contributed by atoms with Crippen LogP contribution in [0.5, 0.6) is 5.75 Å². The lowest BCUT2D eigenvalue weighted by Gasteiger charge is -2.10. The molecule has 2 rings (SSSR count). The first-order valence-electron chi connectivity index (χ1n) is 6.12. The van der Waals surface area contributed by atoms with Crippen LogP contribution in [0.3, 0.4) is 0 Å². The average Bonchev–Trinajstić information content (AvgIpc) is 2.76. The van der Waals surface area contributed by atoms with Gasteiger partial charge in [0, 0.05) is 31.4 Å². The monoisotopic (exact) mass is 245 g/mol. The third kappa shape index (κ3) is 3.11. The highest BCUT2D eigenvalue weighted by Crippen LogP contribution is 2.17. The minimum atomic E-state index is 0.0330. The molecule has 0 aliphatic heterocycles. The van der Waals surface area contributed by atoms with Crippen molar-refractivity contribution in [2.75, 3.05) is 6.61 Å². The number of nitrogens with zero attached hydrogens (tertiary/aromatic N) is 2. The molecule has 0 aliphatic carbocycles. The van der Waals surface area contributed by atoms with Crippen molar-refractivity contribution in [3.05, 3.63) is 47.8 Å². The molecule has 1 heterocycles. The Labute approximate surface area is 107 Å². The maximum absolute atomic E-state index is 5.84. The topological polar surface area (TPSA) is 53.1 Å². The second kappa shape index (κ2) is 5.69. The molecular weight excluding hydrogens is 226 g/mol. The van der Waals surface area contributed by atoms with E-state index in [0.717, 1.165) is 17.7 Å². The second-order valence-electron chi connectivity index (χ2n) is 4.41. The molecule has 0 bridgehead atoms. The van der Waals surface area contributed by atoms with E-state index in [1.807, 2.05) is 49.0 Å². The van der Waals surface area contributed by atoms with Crippen LogP contribution in [-0.2, 0) is 13.5 Å². The minimum Gasteiger partial charge on any atom is -0.493 e. The summed E-state index contributed by atoms with van der Waals surface area (Å²) in [7, 11) is 1.94. The molecular formula is C14H19N3O. The Morgan fingerprint density at radius 2 is 2.22 bits per heavy atom. The lowest BCUT2D eigenvalue weighted by atomic mass is 10.1. The highest BCUT2D eigenvalue weighted by Gasteiger charge is 2.02. The zero-order chi connectivity index (χ0) is 13.0. The van der Waals surface area contributed by atoms with E-state index in [1.165, 1.54) is 5.69 Å². The van der Waals surface area contributed by atoms with E-state index in [1.54, 1.807) is 6.20 Å². The number of aryl methyl sites for hydroxylation is 1. The molecule has 0 aliphatic rings. The predicted molar refractivity (Wildman–Crippen MR) is 71.5 cm³/mol. The largest absolute Gasteiger partial charge is 0.493 e. The predicted octanol–water partition coefficient (Wildman–Crippen LogP) is 2.06. The quantitative estimate of drug-likeness (QED) is 0.877. The summed E-state index contributed by atoms with van der Waals surface area (Å²) in [5.41, 5.74) is 8.10. The van der Waals surface area contributed by atoms with Gasteiger partial charge >= 0.3 is 0 Å². The number of aromatic nitrogens is 2. The smallest absolute Gasteiger partial charge is 0.119 e. The van der Waals surface area contributed by atoms with Crippen molar-refractivity contribution < 1.29 is 4.74 Å². The number of nitrogens with two attached hydrogens (primary N) is 1. The van der Waals surface area contributed by atoms with Gasteiger partial charge in [-0.3, -0.25) is 4.68 Å². The van der Waals surface area contributed by atoms with Gasteiger partial charge in [0.2, 0.25) is 0 Å². The van der Waals surface area contributed by atoms with Gasteiger partial charge in [-0.15, -0.1) is 0 Å². The summed E-state index contributed by atoms with van der Waals surface area (Å²) in [4.78, 5) is 0. The molecule has 1 unspecified atom stereocenters. The molecule has 1 aromatic carbocycles. The number of benzene rings is 1. The van der Waals surface area contributed by atoms with Crippen LogP contribution in [0.1, 0.15) is 24.2 Å². The Hall–Kier alpha value is -1.81. The molecule has 0 saturated carbocycles. The highest BCUT2D eigenvalue weighted by molar-refractivity contribution is 5.30. The van der Waals surface area contributed by atoms with Gasteiger partial charge in [0.25, 0.3) is 0 Å². The van der Waals surface area contributed by atoms with Gasteiger partial charge in [0.15, 0.2) is 0 Å². The molecule has 4 heteroatoms. The van der Waals surface area contributed by atoms with Crippen LogP contribution in [0.15, 0.2) is 36.5 Å². The summed E-state index contributed by atoms with van der Waals surface area (Å²) in [6.07, 6.45) is 2.64. The highest BCUT2D eigenvalue weighted by atomic mass is 16.5. The van der Waals surface area contributed by atoms with Crippen LogP contribution >= 0.6 is 0 Å². The number of rotatable bonds is 5. The van der Waals surface area contributed by atoms with Crippen LogP contribution in [0.25, 0.3) is 0 Å². The first-order valence-corrected chi connectivity index (χ1v) is 6.12. The van der Waals surface area contributed by atoms with Crippen molar-refractivity contribution in [1.82, 2.24) is 9.78 Å². The lowest BCUT2D eigenvalue weighted by molar-refractivity contribution is 0.318. The van der Waals surface area contributed by atoms with Crippen molar-refractivity contribution in [3.8, 4) is 5.75 Å². The summed E-state index contributed by atoms with van der Waals surface area (Å²) in [6, 6.07) is 9.97. The standard InChI is InChI=1S/C14H19N3O/c1-11(15)12-4-3-5-14(10-12)18-9-7-13-6-8-16-17(13)2/h3-6,8,10-11H,7,9,15H2,1-2H3.